The van der Waals surface area contributed by atoms with Gasteiger partial charge in [0.25, 0.3) is 0 Å². The van der Waals surface area contributed by atoms with Gasteiger partial charge in [-0.05, 0) is 37.0 Å². The monoisotopic (exact) mass is 329 g/mol. The number of carbonyl (C=O) groups excluding carboxylic acids is 2. The molecule has 1 aliphatic rings. The maximum atomic E-state index is 12.8. The van der Waals surface area contributed by atoms with Gasteiger partial charge in [0.05, 0.1) is 24.2 Å². The summed E-state index contributed by atoms with van der Waals surface area (Å²) in [6, 6.07) is 4.98. The molecule has 1 saturated carbocycles. The zero-order valence-electron chi connectivity index (χ0n) is 12.4. The van der Waals surface area contributed by atoms with Gasteiger partial charge in [0.15, 0.2) is 0 Å². The number of benzene rings is 1. The van der Waals surface area contributed by atoms with Crippen LogP contribution in [0.2, 0.25) is 0 Å². The summed E-state index contributed by atoms with van der Waals surface area (Å²) in [7, 11) is 0. The highest BCUT2D eigenvalue weighted by molar-refractivity contribution is 5.86. The Kier molecular flexibility index (Phi) is 4.93. The van der Waals surface area contributed by atoms with Crippen molar-refractivity contribution in [3.63, 3.8) is 0 Å². The molecular weight excluding hydrogens is 311 g/mol. The maximum Gasteiger partial charge on any atom is 0.416 e. The van der Waals surface area contributed by atoms with E-state index in [9.17, 15) is 22.8 Å². The Balaban J connectivity index is 2.12. The van der Waals surface area contributed by atoms with Crippen LogP contribution in [0, 0.1) is 0 Å². The molecule has 0 bridgehead atoms. The highest BCUT2D eigenvalue weighted by Crippen LogP contribution is 2.42. The molecule has 5 nitrogen and oxygen atoms in total. The summed E-state index contributed by atoms with van der Waals surface area (Å²) in [6.45, 7) is -0.483. The van der Waals surface area contributed by atoms with Crippen LogP contribution >= 0.6 is 0 Å². The first-order valence-electron chi connectivity index (χ1n) is 7.22. The summed E-state index contributed by atoms with van der Waals surface area (Å²) in [6.07, 6.45) is -2.50. The van der Waals surface area contributed by atoms with Crippen LogP contribution in [0.1, 0.15) is 30.4 Å². The number of rotatable bonds is 5. The van der Waals surface area contributed by atoms with Crippen LogP contribution in [0.25, 0.3) is 0 Å². The number of amides is 2. The SMILES string of the molecule is NCC(=O)NCC(=O)NC1(c2cccc(C(F)(F)F)c2)CCC1. The lowest BCUT2D eigenvalue weighted by Gasteiger charge is -2.43. The van der Waals surface area contributed by atoms with Crippen molar-refractivity contribution >= 4 is 11.8 Å². The van der Waals surface area contributed by atoms with Gasteiger partial charge in [-0.15, -0.1) is 0 Å². The molecule has 0 aliphatic heterocycles. The van der Waals surface area contributed by atoms with Gasteiger partial charge < -0.3 is 16.4 Å². The molecule has 23 heavy (non-hydrogen) atoms. The van der Waals surface area contributed by atoms with Crippen molar-refractivity contribution in [2.75, 3.05) is 13.1 Å². The van der Waals surface area contributed by atoms with Crippen LogP contribution in [-0.4, -0.2) is 24.9 Å². The summed E-state index contributed by atoms with van der Waals surface area (Å²) >= 11 is 0. The molecule has 0 radical (unpaired) electrons. The maximum absolute atomic E-state index is 12.8. The largest absolute Gasteiger partial charge is 0.416 e. The van der Waals surface area contributed by atoms with Gasteiger partial charge in [-0.1, -0.05) is 12.1 Å². The topological polar surface area (TPSA) is 84.2 Å². The normalized spacial score (nSPS) is 16.3. The van der Waals surface area contributed by atoms with E-state index >= 15 is 0 Å². The fraction of sp³-hybridized carbons (Fsp3) is 0.467. The molecule has 1 aromatic carbocycles. The summed E-state index contributed by atoms with van der Waals surface area (Å²) in [5.41, 5.74) is 4.01. The summed E-state index contributed by atoms with van der Waals surface area (Å²) in [5.74, 6) is -0.925. The quantitative estimate of drug-likeness (QED) is 0.761. The Bertz CT molecular complexity index is 598. The molecule has 0 saturated heterocycles. The molecule has 8 heteroatoms. The predicted octanol–water partition coefficient (Wildman–Crippen LogP) is 1.28. The van der Waals surface area contributed by atoms with Crippen LogP contribution < -0.4 is 16.4 Å². The number of hydrogen-bond donors (Lipinski definition) is 3. The minimum Gasteiger partial charge on any atom is -0.346 e. The van der Waals surface area contributed by atoms with Crippen LogP contribution in [-0.2, 0) is 21.3 Å². The Hall–Kier alpha value is -2.09. The molecule has 0 aromatic heterocycles. The van der Waals surface area contributed by atoms with E-state index in [-0.39, 0.29) is 13.1 Å². The van der Waals surface area contributed by atoms with Gasteiger partial charge in [0.1, 0.15) is 0 Å². The lowest BCUT2D eigenvalue weighted by molar-refractivity contribution is -0.137. The van der Waals surface area contributed by atoms with Gasteiger partial charge in [-0.3, -0.25) is 9.59 Å². The van der Waals surface area contributed by atoms with E-state index in [0.717, 1.165) is 18.6 Å². The van der Waals surface area contributed by atoms with E-state index in [1.54, 1.807) is 6.07 Å². The van der Waals surface area contributed by atoms with Crippen molar-refractivity contribution in [3.8, 4) is 0 Å². The molecule has 1 aliphatic carbocycles. The molecule has 2 amide bonds. The Morgan fingerprint density at radius 2 is 1.91 bits per heavy atom. The van der Waals surface area contributed by atoms with E-state index in [1.807, 2.05) is 0 Å². The number of alkyl halides is 3. The second kappa shape index (κ2) is 6.57. The minimum atomic E-state index is -4.43. The molecule has 0 spiro atoms. The van der Waals surface area contributed by atoms with Gasteiger partial charge in [0.2, 0.25) is 11.8 Å². The Morgan fingerprint density at radius 1 is 1.22 bits per heavy atom. The van der Waals surface area contributed by atoms with Crippen LogP contribution in [0.5, 0.6) is 0 Å². The zero-order chi connectivity index (χ0) is 17.1. The summed E-state index contributed by atoms with van der Waals surface area (Å²) < 4.78 is 38.5. The highest BCUT2D eigenvalue weighted by atomic mass is 19.4. The van der Waals surface area contributed by atoms with Crippen molar-refractivity contribution < 1.29 is 22.8 Å². The number of carbonyl (C=O) groups is 2. The first-order chi connectivity index (χ1) is 10.8. The number of nitrogens with one attached hydrogen (secondary N) is 2. The number of halogens is 3. The molecule has 1 aromatic rings. The summed E-state index contributed by atoms with van der Waals surface area (Å²) in [5, 5.41) is 5.08. The van der Waals surface area contributed by atoms with Crippen LogP contribution in [0.4, 0.5) is 13.2 Å². The number of nitrogens with two attached hydrogens (primary N) is 1. The lowest BCUT2D eigenvalue weighted by Crippen LogP contribution is -2.53. The first-order valence-corrected chi connectivity index (χ1v) is 7.22. The van der Waals surface area contributed by atoms with Crippen molar-refractivity contribution in [1.82, 2.24) is 10.6 Å². The van der Waals surface area contributed by atoms with Crippen LogP contribution in [0.15, 0.2) is 24.3 Å². The van der Waals surface area contributed by atoms with Crippen molar-refractivity contribution in [3.05, 3.63) is 35.4 Å². The third-order valence-electron chi connectivity index (χ3n) is 3.96. The molecule has 126 valence electrons. The third kappa shape index (κ3) is 4.01. The average molecular weight is 329 g/mol. The molecule has 1 fully saturated rings. The smallest absolute Gasteiger partial charge is 0.346 e. The fourth-order valence-electron chi connectivity index (χ4n) is 2.57. The number of hydrogen-bond acceptors (Lipinski definition) is 3. The molecule has 0 unspecified atom stereocenters. The highest BCUT2D eigenvalue weighted by Gasteiger charge is 2.41. The van der Waals surface area contributed by atoms with E-state index in [4.69, 9.17) is 5.73 Å². The van der Waals surface area contributed by atoms with Gasteiger partial charge in [0, 0.05) is 0 Å². The van der Waals surface area contributed by atoms with E-state index in [1.165, 1.54) is 6.07 Å². The second-order valence-electron chi connectivity index (χ2n) is 5.54. The fourth-order valence-corrected chi connectivity index (χ4v) is 2.57. The Labute approximate surface area is 131 Å². The van der Waals surface area contributed by atoms with Gasteiger partial charge >= 0.3 is 6.18 Å². The average Bonchev–Trinajstić information content (AvgIpc) is 2.47. The van der Waals surface area contributed by atoms with Crippen molar-refractivity contribution in [2.45, 2.75) is 31.0 Å². The van der Waals surface area contributed by atoms with Crippen molar-refractivity contribution in [1.29, 1.82) is 0 Å². The molecule has 0 atom stereocenters. The second-order valence-corrected chi connectivity index (χ2v) is 5.54. The first kappa shape index (κ1) is 17.3. The minimum absolute atomic E-state index is 0.230. The van der Waals surface area contributed by atoms with E-state index in [0.29, 0.717) is 18.4 Å². The summed E-state index contributed by atoms with van der Waals surface area (Å²) in [4.78, 5) is 23.0. The molecule has 4 N–H and O–H groups in total. The van der Waals surface area contributed by atoms with Crippen LogP contribution in [0.3, 0.4) is 0 Å². The molecule has 0 heterocycles. The van der Waals surface area contributed by atoms with E-state index < -0.39 is 29.1 Å². The zero-order valence-corrected chi connectivity index (χ0v) is 12.4. The Morgan fingerprint density at radius 3 is 2.43 bits per heavy atom. The standard InChI is InChI=1S/C15H18F3N3O2/c16-15(17,18)11-4-1-3-10(7-11)14(5-2-6-14)21-13(23)9-20-12(22)8-19/h1,3-4,7H,2,5-6,8-9,19H2,(H,20,22)(H,21,23). The predicted molar refractivity (Wildman–Crippen MR) is 77.2 cm³/mol. The molecular formula is C15H18F3N3O2. The van der Waals surface area contributed by atoms with Gasteiger partial charge in [-0.2, -0.15) is 13.2 Å². The van der Waals surface area contributed by atoms with E-state index in [2.05, 4.69) is 10.6 Å². The van der Waals surface area contributed by atoms with Gasteiger partial charge in [-0.25, -0.2) is 0 Å². The molecule has 2 rings (SSSR count). The third-order valence-corrected chi connectivity index (χ3v) is 3.96. The lowest BCUT2D eigenvalue weighted by atomic mass is 9.71. The van der Waals surface area contributed by atoms with Crippen molar-refractivity contribution in [2.24, 2.45) is 5.73 Å².